The second-order valence-corrected chi connectivity index (χ2v) is 8.27. The first-order valence-electron chi connectivity index (χ1n) is 11.2. The average Bonchev–Trinajstić information content (AvgIpc) is 3.37. The highest BCUT2D eigenvalue weighted by atomic mass is 16.5. The van der Waals surface area contributed by atoms with Crippen molar-refractivity contribution in [1.29, 1.82) is 0 Å². The van der Waals surface area contributed by atoms with Gasteiger partial charge in [0.15, 0.2) is 0 Å². The lowest BCUT2D eigenvalue weighted by atomic mass is 9.98. The van der Waals surface area contributed by atoms with Crippen molar-refractivity contribution in [3.05, 3.63) is 70.9 Å². The number of ether oxygens (including phenoxy) is 1. The van der Waals surface area contributed by atoms with Crippen LogP contribution in [0.25, 0.3) is 17.0 Å². The number of phenolic OH excluding ortho intramolecular Hbond substituents is 1. The molecule has 0 aliphatic carbocycles. The molecule has 0 bridgehead atoms. The van der Waals surface area contributed by atoms with Gasteiger partial charge >= 0.3 is 5.97 Å². The molecule has 0 spiro atoms. The number of aryl methyl sites for hydroxylation is 1. The molecule has 35 heavy (non-hydrogen) atoms. The number of carbonyl (C=O) groups excluding carboxylic acids is 3. The number of amides is 2. The molecule has 1 aliphatic rings. The number of hydrogen-bond acceptors (Lipinski definition) is 6. The zero-order chi connectivity index (χ0) is 24.9. The Bertz CT molecular complexity index is 1340. The minimum Gasteiger partial charge on any atom is -0.508 e. The smallest absolute Gasteiger partial charge is 0.328 e. The number of hydrazone groups is 1. The van der Waals surface area contributed by atoms with E-state index in [2.05, 4.69) is 20.8 Å². The molecular weight excluding hydrogens is 448 g/mol. The van der Waals surface area contributed by atoms with Crippen molar-refractivity contribution in [3.8, 4) is 5.75 Å². The summed E-state index contributed by atoms with van der Waals surface area (Å²) in [6, 6.07) is 13.6. The maximum absolute atomic E-state index is 12.6. The Hall–Kier alpha value is -4.40. The molecule has 9 heteroatoms. The largest absolute Gasteiger partial charge is 0.508 e. The first kappa shape index (κ1) is 23.7. The third-order valence-electron chi connectivity index (χ3n) is 5.84. The first-order chi connectivity index (χ1) is 16.9. The molecule has 9 nitrogen and oxygen atoms in total. The summed E-state index contributed by atoms with van der Waals surface area (Å²) in [5.74, 6) is -1.03. The molecule has 3 aromatic rings. The summed E-state index contributed by atoms with van der Waals surface area (Å²) < 4.78 is 4.88. The summed E-state index contributed by atoms with van der Waals surface area (Å²) >= 11 is 0. The van der Waals surface area contributed by atoms with Crippen LogP contribution in [0.2, 0.25) is 0 Å². The van der Waals surface area contributed by atoms with E-state index in [0.29, 0.717) is 29.8 Å². The number of esters is 1. The number of phenols is 1. The number of nitrogens with one attached hydrogen (secondary N) is 3. The second kappa shape index (κ2) is 10.3. The fourth-order valence-corrected chi connectivity index (χ4v) is 4.13. The number of fused-ring (bicyclic) bond motifs is 1. The van der Waals surface area contributed by atoms with Crippen molar-refractivity contribution < 1.29 is 24.2 Å². The van der Waals surface area contributed by atoms with E-state index in [-0.39, 0.29) is 24.0 Å². The van der Waals surface area contributed by atoms with Crippen molar-refractivity contribution in [3.63, 3.8) is 0 Å². The van der Waals surface area contributed by atoms with Gasteiger partial charge in [-0.05, 0) is 48.2 Å². The SMILES string of the molecule is COC(=O)C(Cc1c(/C=C2\C(=O)NN=C2CCc2ccc(O)cc2)[nH]c2ccccc12)NC(C)=O. The number of benzene rings is 2. The molecule has 4 rings (SSSR count). The topological polar surface area (TPSA) is 133 Å². The standard InChI is InChI=1S/C26H26N4O5/c1-15(31)27-24(26(34)35-2)13-19-18-5-3-4-6-21(18)28-23(19)14-20-22(29-30-25(20)33)12-9-16-7-10-17(32)11-8-16/h3-8,10-11,14,24,28,32H,9,12-13H2,1-2H3,(H,27,31)(H,30,33)/b20-14-. The molecule has 1 aliphatic heterocycles. The number of nitrogens with zero attached hydrogens (tertiary/aromatic N) is 1. The van der Waals surface area contributed by atoms with Crippen molar-refractivity contribution in [2.75, 3.05) is 7.11 Å². The number of hydrogen-bond donors (Lipinski definition) is 4. The van der Waals surface area contributed by atoms with E-state index in [1.807, 2.05) is 36.4 Å². The quantitative estimate of drug-likeness (QED) is 0.294. The van der Waals surface area contributed by atoms with Crippen molar-refractivity contribution in [2.45, 2.75) is 32.2 Å². The van der Waals surface area contributed by atoms with Crippen LogP contribution in [-0.4, -0.2) is 46.7 Å². The molecule has 1 atom stereocenters. The normalized spacial score (nSPS) is 15.1. The Morgan fingerprint density at radius 2 is 1.89 bits per heavy atom. The van der Waals surface area contributed by atoms with Gasteiger partial charge in [-0.3, -0.25) is 9.59 Å². The number of aromatic nitrogens is 1. The maximum atomic E-state index is 12.6. The van der Waals surface area contributed by atoms with Crippen LogP contribution >= 0.6 is 0 Å². The molecule has 2 heterocycles. The minimum absolute atomic E-state index is 0.178. The van der Waals surface area contributed by atoms with Crippen LogP contribution < -0.4 is 10.7 Å². The minimum atomic E-state index is -0.881. The van der Waals surface area contributed by atoms with Gasteiger partial charge < -0.3 is 20.1 Å². The lowest BCUT2D eigenvalue weighted by Crippen LogP contribution is -2.42. The van der Waals surface area contributed by atoms with Crippen molar-refractivity contribution in [1.82, 2.24) is 15.7 Å². The predicted molar refractivity (Wildman–Crippen MR) is 132 cm³/mol. The van der Waals surface area contributed by atoms with E-state index >= 15 is 0 Å². The predicted octanol–water partition coefficient (Wildman–Crippen LogP) is 2.60. The molecule has 2 aromatic carbocycles. The molecule has 4 N–H and O–H groups in total. The maximum Gasteiger partial charge on any atom is 0.328 e. The van der Waals surface area contributed by atoms with Gasteiger partial charge in [0, 0.05) is 29.9 Å². The van der Waals surface area contributed by atoms with Crippen LogP contribution in [0.3, 0.4) is 0 Å². The monoisotopic (exact) mass is 474 g/mol. The van der Waals surface area contributed by atoms with Crippen LogP contribution in [-0.2, 0) is 32.0 Å². The molecule has 1 unspecified atom stereocenters. The number of rotatable bonds is 8. The van der Waals surface area contributed by atoms with Gasteiger partial charge in [0.25, 0.3) is 5.91 Å². The highest BCUT2D eigenvalue weighted by molar-refractivity contribution is 6.27. The third kappa shape index (κ3) is 5.40. The Morgan fingerprint density at radius 1 is 1.14 bits per heavy atom. The Balaban J connectivity index is 1.67. The van der Waals surface area contributed by atoms with Crippen molar-refractivity contribution in [2.24, 2.45) is 5.10 Å². The number of para-hydroxylation sites is 1. The van der Waals surface area contributed by atoms with Gasteiger partial charge in [-0.25, -0.2) is 10.2 Å². The van der Waals surface area contributed by atoms with E-state index in [0.717, 1.165) is 22.0 Å². The highest BCUT2D eigenvalue weighted by Crippen LogP contribution is 2.27. The number of aromatic amines is 1. The zero-order valence-electron chi connectivity index (χ0n) is 19.4. The van der Waals surface area contributed by atoms with E-state index in [9.17, 15) is 19.5 Å². The van der Waals surface area contributed by atoms with Gasteiger partial charge in [-0.2, -0.15) is 5.10 Å². The lowest BCUT2D eigenvalue weighted by molar-refractivity contribution is -0.144. The molecule has 2 amide bonds. The van der Waals surface area contributed by atoms with Crippen molar-refractivity contribution >= 4 is 40.5 Å². The van der Waals surface area contributed by atoms with E-state index in [1.54, 1.807) is 18.2 Å². The molecule has 0 fully saturated rings. The van der Waals surface area contributed by atoms with Gasteiger partial charge in [0.1, 0.15) is 11.8 Å². The second-order valence-electron chi connectivity index (χ2n) is 8.27. The highest BCUT2D eigenvalue weighted by Gasteiger charge is 2.26. The van der Waals surface area contributed by atoms with Crippen LogP contribution in [0.1, 0.15) is 30.2 Å². The molecular formula is C26H26N4O5. The zero-order valence-corrected chi connectivity index (χ0v) is 19.4. The van der Waals surface area contributed by atoms with Crippen LogP contribution in [0, 0.1) is 0 Å². The summed E-state index contributed by atoms with van der Waals surface area (Å²) in [5.41, 5.74) is 6.82. The number of methoxy groups -OCH3 is 1. The lowest BCUT2D eigenvalue weighted by Gasteiger charge is -2.16. The van der Waals surface area contributed by atoms with Gasteiger partial charge in [-0.15, -0.1) is 0 Å². The molecule has 0 saturated carbocycles. The van der Waals surface area contributed by atoms with Crippen LogP contribution in [0.4, 0.5) is 0 Å². The van der Waals surface area contributed by atoms with E-state index < -0.39 is 12.0 Å². The summed E-state index contributed by atoms with van der Waals surface area (Å²) in [6.07, 6.45) is 3.06. The number of H-pyrrole nitrogens is 1. The number of aromatic hydroxyl groups is 1. The van der Waals surface area contributed by atoms with Gasteiger partial charge in [0.05, 0.1) is 18.4 Å². The molecule has 0 radical (unpaired) electrons. The van der Waals surface area contributed by atoms with E-state index in [4.69, 9.17) is 4.74 Å². The van der Waals surface area contributed by atoms with E-state index in [1.165, 1.54) is 14.0 Å². The first-order valence-corrected chi connectivity index (χ1v) is 11.2. The Labute approximate surface area is 201 Å². The third-order valence-corrected chi connectivity index (χ3v) is 5.84. The summed E-state index contributed by atoms with van der Waals surface area (Å²) in [4.78, 5) is 40.0. The Kier molecular flexibility index (Phi) is 6.96. The van der Waals surface area contributed by atoms with Gasteiger partial charge in [-0.1, -0.05) is 30.3 Å². The summed E-state index contributed by atoms with van der Waals surface area (Å²) in [5, 5.41) is 17.2. The fraction of sp³-hybridized carbons (Fsp3) is 0.231. The van der Waals surface area contributed by atoms with Gasteiger partial charge in [0.2, 0.25) is 5.91 Å². The van der Waals surface area contributed by atoms with Crippen LogP contribution in [0.15, 0.2) is 59.2 Å². The summed E-state index contributed by atoms with van der Waals surface area (Å²) in [7, 11) is 1.27. The van der Waals surface area contributed by atoms with Crippen LogP contribution in [0.5, 0.6) is 5.75 Å². The summed E-state index contributed by atoms with van der Waals surface area (Å²) in [6.45, 7) is 1.34. The average molecular weight is 475 g/mol. The number of carbonyl (C=O) groups is 3. The fourth-order valence-electron chi connectivity index (χ4n) is 4.13. The molecule has 0 saturated heterocycles. The molecule has 180 valence electrons. The Morgan fingerprint density at radius 3 is 2.60 bits per heavy atom. The molecule has 1 aromatic heterocycles.